The average Bonchev–Trinajstić information content (AvgIpc) is 3.31. The zero-order valence-corrected chi connectivity index (χ0v) is 17.7. The highest BCUT2D eigenvalue weighted by Crippen LogP contribution is 2.31. The Morgan fingerprint density at radius 2 is 1.85 bits per heavy atom. The number of para-hydroxylation sites is 2. The second-order valence-corrected chi connectivity index (χ2v) is 7.96. The fourth-order valence-electron chi connectivity index (χ4n) is 4.00. The number of rotatable bonds is 6. The Hall–Kier alpha value is -4.28. The maximum atomic E-state index is 13.0. The molecule has 2 aliphatic rings. The minimum atomic E-state index is -1.47. The number of non-ortho nitro benzene ring substituents is 1. The molecule has 0 radical (unpaired) electrons. The zero-order valence-electron chi connectivity index (χ0n) is 17.7. The summed E-state index contributed by atoms with van der Waals surface area (Å²) in [4.78, 5) is 63.1. The molecule has 4 rings (SSSR count). The van der Waals surface area contributed by atoms with Gasteiger partial charge in [-0.25, -0.2) is 4.79 Å². The lowest BCUT2D eigenvalue weighted by molar-refractivity contribution is -0.384. The highest BCUT2D eigenvalue weighted by atomic mass is 16.6. The Bertz CT molecular complexity index is 1160. The van der Waals surface area contributed by atoms with Crippen molar-refractivity contribution in [2.24, 2.45) is 0 Å². The summed E-state index contributed by atoms with van der Waals surface area (Å²) in [6, 6.07) is 11.3. The van der Waals surface area contributed by atoms with E-state index < -0.39 is 34.9 Å². The molecule has 2 heterocycles. The van der Waals surface area contributed by atoms with Crippen molar-refractivity contribution in [3.63, 3.8) is 0 Å². The summed E-state index contributed by atoms with van der Waals surface area (Å²) >= 11 is 0. The van der Waals surface area contributed by atoms with Crippen LogP contribution >= 0.6 is 0 Å². The van der Waals surface area contributed by atoms with E-state index in [4.69, 9.17) is 0 Å². The number of nitro groups is 1. The summed E-state index contributed by atoms with van der Waals surface area (Å²) in [7, 11) is 0. The Morgan fingerprint density at radius 3 is 2.48 bits per heavy atom. The van der Waals surface area contributed by atoms with Crippen LogP contribution in [-0.2, 0) is 19.9 Å². The molecule has 0 aliphatic carbocycles. The van der Waals surface area contributed by atoms with Gasteiger partial charge in [-0.2, -0.15) is 0 Å². The molecule has 2 aromatic rings. The highest BCUT2D eigenvalue weighted by molar-refractivity contribution is 6.11. The van der Waals surface area contributed by atoms with Gasteiger partial charge in [0.05, 0.1) is 16.3 Å². The van der Waals surface area contributed by atoms with E-state index in [1.807, 2.05) is 0 Å². The van der Waals surface area contributed by atoms with E-state index in [-0.39, 0.29) is 11.6 Å². The largest absolute Gasteiger partial charge is 0.325 e. The number of nitrogens with zero attached hydrogens (tertiary/aromatic N) is 3. The summed E-state index contributed by atoms with van der Waals surface area (Å²) in [6.45, 7) is 1.49. The van der Waals surface area contributed by atoms with Crippen molar-refractivity contribution in [1.29, 1.82) is 0 Å². The van der Waals surface area contributed by atoms with Crippen molar-refractivity contribution in [3.05, 3.63) is 64.2 Å². The molecule has 0 saturated carbocycles. The molecule has 33 heavy (non-hydrogen) atoms. The number of nitrogens with one attached hydrogen (secondary N) is 2. The van der Waals surface area contributed by atoms with Crippen LogP contribution in [0.2, 0.25) is 0 Å². The SMILES string of the molecule is CC1(c2ccc([N+](=O)[O-])cc2)NC(=O)N(CC(=O)Nc2ccccc2N2CCCC2=O)C1=O. The fourth-order valence-corrected chi connectivity index (χ4v) is 4.00. The fraction of sp³-hybridized carbons (Fsp3) is 0.273. The molecule has 2 N–H and O–H groups in total. The van der Waals surface area contributed by atoms with E-state index in [0.717, 1.165) is 11.3 Å². The number of carbonyl (C=O) groups is 4. The minimum absolute atomic E-state index is 0.0374. The molecule has 1 unspecified atom stereocenters. The third-order valence-corrected chi connectivity index (χ3v) is 5.77. The van der Waals surface area contributed by atoms with Gasteiger partial charge in [-0.15, -0.1) is 0 Å². The summed E-state index contributed by atoms with van der Waals surface area (Å²) < 4.78 is 0. The second-order valence-electron chi connectivity index (χ2n) is 7.96. The number of imide groups is 1. The number of urea groups is 1. The third-order valence-electron chi connectivity index (χ3n) is 5.77. The van der Waals surface area contributed by atoms with Gasteiger partial charge in [-0.1, -0.05) is 12.1 Å². The molecule has 11 heteroatoms. The quantitative estimate of drug-likeness (QED) is 0.391. The minimum Gasteiger partial charge on any atom is -0.323 e. The Labute approximate surface area is 188 Å². The third kappa shape index (κ3) is 4.00. The molecule has 11 nitrogen and oxygen atoms in total. The lowest BCUT2D eigenvalue weighted by Crippen LogP contribution is -2.42. The first-order valence-corrected chi connectivity index (χ1v) is 10.3. The van der Waals surface area contributed by atoms with Crippen molar-refractivity contribution >= 4 is 40.8 Å². The monoisotopic (exact) mass is 451 g/mol. The molecular formula is C22H21N5O6. The van der Waals surface area contributed by atoms with Crippen molar-refractivity contribution < 1.29 is 24.1 Å². The van der Waals surface area contributed by atoms with Gasteiger partial charge in [0.25, 0.3) is 11.6 Å². The maximum Gasteiger partial charge on any atom is 0.325 e. The lowest BCUT2D eigenvalue weighted by atomic mass is 9.92. The predicted octanol–water partition coefficient (Wildman–Crippen LogP) is 2.13. The number of hydrogen-bond donors (Lipinski definition) is 2. The molecular weight excluding hydrogens is 430 g/mol. The highest BCUT2D eigenvalue weighted by Gasteiger charge is 2.49. The summed E-state index contributed by atoms with van der Waals surface area (Å²) in [5, 5.41) is 16.1. The van der Waals surface area contributed by atoms with E-state index >= 15 is 0 Å². The van der Waals surface area contributed by atoms with Crippen LogP contribution in [0.5, 0.6) is 0 Å². The average molecular weight is 451 g/mol. The van der Waals surface area contributed by atoms with Gasteiger partial charge >= 0.3 is 6.03 Å². The summed E-state index contributed by atoms with van der Waals surface area (Å²) in [5.41, 5.74) is -0.297. The van der Waals surface area contributed by atoms with Crippen LogP contribution in [0, 0.1) is 10.1 Å². The van der Waals surface area contributed by atoms with Crippen molar-refractivity contribution in [3.8, 4) is 0 Å². The van der Waals surface area contributed by atoms with Gasteiger partial charge in [0.1, 0.15) is 12.1 Å². The van der Waals surface area contributed by atoms with Gasteiger partial charge in [0.2, 0.25) is 11.8 Å². The lowest BCUT2D eigenvalue weighted by Gasteiger charge is -2.22. The van der Waals surface area contributed by atoms with Crippen LogP contribution in [0.15, 0.2) is 48.5 Å². The van der Waals surface area contributed by atoms with E-state index in [2.05, 4.69) is 10.6 Å². The van der Waals surface area contributed by atoms with Gasteiger partial charge in [-0.05, 0) is 43.2 Å². The first-order chi connectivity index (χ1) is 15.7. The smallest absolute Gasteiger partial charge is 0.323 e. The van der Waals surface area contributed by atoms with Crippen LogP contribution in [0.3, 0.4) is 0 Å². The summed E-state index contributed by atoms with van der Waals surface area (Å²) in [5.74, 6) is -1.30. The number of nitro benzene ring substituents is 1. The second kappa shape index (κ2) is 8.34. The normalized spacial score (nSPS) is 20.2. The number of amides is 5. The van der Waals surface area contributed by atoms with E-state index in [9.17, 15) is 29.3 Å². The Kier molecular flexibility index (Phi) is 5.54. The van der Waals surface area contributed by atoms with Crippen LogP contribution in [0.4, 0.5) is 21.9 Å². The molecule has 2 saturated heterocycles. The number of carbonyl (C=O) groups excluding carboxylic acids is 4. The van der Waals surface area contributed by atoms with Crippen LogP contribution < -0.4 is 15.5 Å². The van der Waals surface area contributed by atoms with E-state index in [1.54, 1.807) is 29.2 Å². The van der Waals surface area contributed by atoms with Gasteiger partial charge in [0.15, 0.2) is 0 Å². The van der Waals surface area contributed by atoms with E-state index in [0.29, 0.717) is 29.9 Å². The number of anilines is 2. The van der Waals surface area contributed by atoms with E-state index in [1.165, 1.54) is 31.2 Å². The first-order valence-electron chi connectivity index (χ1n) is 10.3. The van der Waals surface area contributed by atoms with Gasteiger partial charge in [0, 0.05) is 25.1 Å². The maximum absolute atomic E-state index is 13.0. The standard InChI is InChI=1S/C22H21N5O6/c1-22(14-8-10-15(11-9-14)27(32)33)20(30)26(21(31)24-22)13-18(28)23-16-5-2-3-6-17(16)25-12-4-7-19(25)29/h2-3,5-6,8-11H,4,7,12-13H2,1H3,(H,23,28)(H,24,31). The predicted molar refractivity (Wildman–Crippen MR) is 117 cm³/mol. The molecule has 0 spiro atoms. The molecule has 2 aliphatic heterocycles. The topological polar surface area (TPSA) is 142 Å². The molecule has 2 fully saturated rings. The van der Waals surface area contributed by atoms with Crippen molar-refractivity contribution in [1.82, 2.24) is 10.2 Å². The van der Waals surface area contributed by atoms with Crippen molar-refractivity contribution in [2.75, 3.05) is 23.3 Å². The number of hydrogen-bond acceptors (Lipinski definition) is 6. The number of benzene rings is 2. The van der Waals surface area contributed by atoms with Crippen LogP contribution in [0.1, 0.15) is 25.3 Å². The molecule has 170 valence electrons. The molecule has 1 atom stereocenters. The summed E-state index contributed by atoms with van der Waals surface area (Å²) in [6.07, 6.45) is 1.16. The van der Waals surface area contributed by atoms with Crippen LogP contribution in [0.25, 0.3) is 0 Å². The van der Waals surface area contributed by atoms with Gasteiger partial charge in [-0.3, -0.25) is 29.4 Å². The molecule has 0 bridgehead atoms. The first kappa shape index (κ1) is 21.9. The molecule has 2 aromatic carbocycles. The molecule has 0 aromatic heterocycles. The molecule has 5 amide bonds. The Morgan fingerprint density at radius 1 is 1.15 bits per heavy atom. The Balaban J connectivity index is 1.49. The zero-order chi connectivity index (χ0) is 23.8. The van der Waals surface area contributed by atoms with Crippen molar-refractivity contribution in [2.45, 2.75) is 25.3 Å². The van der Waals surface area contributed by atoms with Gasteiger partial charge < -0.3 is 15.5 Å². The van der Waals surface area contributed by atoms with Crippen LogP contribution in [-0.4, -0.2) is 46.7 Å².